The molecule has 1 heterocycles. The van der Waals surface area contributed by atoms with E-state index in [1.807, 2.05) is 13.0 Å². The van der Waals surface area contributed by atoms with Gasteiger partial charge < -0.3 is 10.3 Å². The number of nitrogens with zero attached hydrogens (tertiary/aromatic N) is 1. The van der Waals surface area contributed by atoms with Gasteiger partial charge >= 0.3 is 0 Å². The maximum absolute atomic E-state index is 12.3. The number of hydrogen-bond donors (Lipinski definition) is 2. The van der Waals surface area contributed by atoms with Crippen LogP contribution in [0.4, 0.5) is 0 Å². The van der Waals surface area contributed by atoms with Gasteiger partial charge in [-0.05, 0) is 31.0 Å². The average molecular weight is 309 g/mol. The van der Waals surface area contributed by atoms with Crippen LogP contribution in [-0.4, -0.2) is 13.6 Å². The lowest BCUT2D eigenvalue weighted by Gasteiger charge is -2.11. The highest BCUT2D eigenvalue weighted by Crippen LogP contribution is 2.18. The Morgan fingerprint density at radius 3 is 2.76 bits per heavy atom. The highest BCUT2D eigenvalue weighted by molar-refractivity contribution is 7.89. The van der Waals surface area contributed by atoms with Gasteiger partial charge in [0.25, 0.3) is 0 Å². The van der Waals surface area contributed by atoms with Crippen LogP contribution in [0.15, 0.2) is 39.8 Å². The molecule has 0 saturated carbocycles. The lowest BCUT2D eigenvalue weighted by molar-refractivity contribution is 0.390. The number of aromatic nitrogens is 1. The van der Waals surface area contributed by atoms with Crippen LogP contribution in [-0.2, 0) is 16.6 Å². The van der Waals surface area contributed by atoms with Gasteiger partial charge in [0.1, 0.15) is 5.76 Å². The van der Waals surface area contributed by atoms with E-state index in [0.717, 1.165) is 12.0 Å². The quantitative estimate of drug-likeness (QED) is 0.849. The molecule has 0 radical (unpaired) electrons. The van der Waals surface area contributed by atoms with Crippen molar-refractivity contribution in [2.45, 2.75) is 37.8 Å². The van der Waals surface area contributed by atoms with E-state index in [2.05, 4.69) is 9.88 Å². The zero-order valence-corrected chi connectivity index (χ0v) is 12.9. The van der Waals surface area contributed by atoms with Crippen molar-refractivity contribution in [1.82, 2.24) is 9.88 Å². The molecule has 0 saturated heterocycles. The van der Waals surface area contributed by atoms with E-state index in [1.165, 1.54) is 0 Å². The summed E-state index contributed by atoms with van der Waals surface area (Å²) >= 11 is 0. The molecular weight excluding hydrogens is 290 g/mol. The maximum atomic E-state index is 12.3. The van der Waals surface area contributed by atoms with Crippen molar-refractivity contribution >= 4 is 10.0 Å². The molecule has 0 aliphatic heterocycles. The van der Waals surface area contributed by atoms with Crippen LogP contribution in [0.3, 0.4) is 0 Å². The Morgan fingerprint density at radius 2 is 2.14 bits per heavy atom. The minimum Gasteiger partial charge on any atom is -0.361 e. The van der Waals surface area contributed by atoms with Crippen LogP contribution in [0.25, 0.3) is 0 Å². The molecule has 2 rings (SSSR count). The summed E-state index contributed by atoms with van der Waals surface area (Å²) in [5, 5.41) is 3.75. The Kier molecular flexibility index (Phi) is 4.76. The minimum atomic E-state index is -3.60. The van der Waals surface area contributed by atoms with E-state index in [0.29, 0.717) is 11.5 Å². The minimum absolute atomic E-state index is 0.0870. The lowest BCUT2D eigenvalue weighted by atomic mass is 10.1. The largest absolute Gasteiger partial charge is 0.361 e. The predicted octanol–water partition coefficient (Wildman–Crippen LogP) is 1.87. The topological polar surface area (TPSA) is 98.2 Å². The summed E-state index contributed by atoms with van der Waals surface area (Å²) in [6, 6.07) is 8.19. The lowest BCUT2D eigenvalue weighted by Crippen LogP contribution is -2.23. The molecule has 3 N–H and O–H groups in total. The standard InChI is InChI=1S/C14H19N3O3S/c1-3-14(15)11-5-4-6-13(8-11)21(18,19)16-9-12-7-10(2)20-17-12/h4-8,14,16H,3,9,15H2,1-2H3. The Morgan fingerprint density at radius 1 is 1.38 bits per heavy atom. The Hall–Kier alpha value is -1.70. The third-order valence-electron chi connectivity index (χ3n) is 3.16. The molecule has 0 bridgehead atoms. The molecule has 0 spiro atoms. The number of benzene rings is 1. The first-order chi connectivity index (χ1) is 9.92. The fourth-order valence-corrected chi connectivity index (χ4v) is 2.96. The van der Waals surface area contributed by atoms with E-state index < -0.39 is 10.0 Å². The molecule has 7 heteroatoms. The number of nitrogens with two attached hydrogens (primary N) is 1. The monoisotopic (exact) mass is 309 g/mol. The molecule has 1 aromatic heterocycles. The van der Waals surface area contributed by atoms with Gasteiger partial charge in [-0.1, -0.05) is 24.2 Å². The normalized spacial score (nSPS) is 13.3. The number of hydrogen-bond acceptors (Lipinski definition) is 5. The van der Waals surface area contributed by atoms with Crippen LogP contribution in [0.2, 0.25) is 0 Å². The average Bonchev–Trinajstić information content (AvgIpc) is 2.90. The van der Waals surface area contributed by atoms with Gasteiger partial charge in [0.05, 0.1) is 17.1 Å². The van der Waals surface area contributed by atoms with Crippen LogP contribution in [0.1, 0.15) is 36.4 Å². The molecule has 6 nitrogen and oxygen atoms in total. The first kappa shape index (κ1) is 15.7. The fourth-order valence-electron chi connectivity index (χ4n) is 1.90. The molecule has 2 aromatic rings. The first-order valence-corrected chi connectivity index (χ1v) is 8.18. The van der Waals surface area contributed by atoms with Crippen molar-refractivity contribution in [3.8, 4) is 0 Å². The molecule has 0 amide bonds. The van der Waals surface area contributed by atoms with Crippen LogP contribution >= 0.6 is 0 Å². The van der Waals surface area contributed by atoms with Crippen molar-refractivity contribution in [2.24, 2.45) is 5.73 Å². The van der Waals surface area contributed by atoms with E-state index in [9.17, 15) is 8.42 Å². The molecule has 1 aromatic carbocycles. The number of sulfonamides is 1. The summed E-state index contributed by atoms with van der Waals surface area (Å²) in [5.41, 5.74) is 7.28. The molecule has 114 valence electrons. The SMILES string of the molecule is CCC(N)c1cccc(S(=O)(=O)NCc2cc(C)on2)c1. The highest BCUT2D eigenvalue weighted by Gasteiger charge is 2.16. The summed E-state index contributed by atoms with van der Waals surface area (Å²) in [6.07, 6.45) is 0.745. The second-order valence-electron chi connectivity index (χ2n) is 4.84. The highest BCUT2D eigenvalue weighted by atomic mass is 32.2. The number of rotatable bonds is 6. The Labute approximate surface area is 124 Å². The molecule has 21 heavy (non-hydrogen) atoms. The summed E-state index contributed by atoms with van der Waals surface area (Å²) in [6.45, 7) is 3.79. The third-order valence-corrected chi connectivity index (χ3v) is 4.56. The Balaban J connectivity index is 2.15. The molecule has 1 unspecified atom stereocenters. The zero-order valence-electron chi connectivity index (χ0n) is 12.0. The van der Waals surface area contributed by atoms with Crippen molar-refractivity contribution in [2.75, 3.05) is 0 Å². The first-order valence-electron chi connectivity index (χ1n) is 6.70. The summed E-state index contributed by atoms with van der Waals surface area (Å²) in [4.78, 5) is 0.198. The molecule has 0 aliphatic carbocycles. The van der Waals surface area contributed by atoms with Gasteiger partial charge in [-0.2, -0.15) is 0 Å². The summed E-state index contributed by atoms with van der Waals surface area (Å²) in [5.74, 6) is 0.639. The van der Waals surface area contributed by atoms with Crippen LogP contribution < -0.4 is 10.5 Å². The smallest absolute Gasteiger partial charge is 0.240 e. The summed E-state index contributed by atoms with van der Waals surface area (Å²) < 4.78 is 31.9. The number of nitrogens with one attached hydrogen (secondary N) is 1. The van der Waals surface area contributed by atoms with Gasteiger partial charge in [-0.15, -0.1) is 0 Å². The Bertz CT molecular complexity index is 710. The zero-order chi connectivity index (χ0) is 15.5. The predicted molar refractivity (Wildman–Crippen MR) is 78.9 cm³/mol. The molecular formula is C14H19N3O3S. The molecule has 1 atom stereocenters. The van der Waals surface area contributed by atoms with E-state index in [1.54, 1.807) is 31.2 Å². The number of aryl methyl sites for hydroxylation is 1. The van der Waals surface area contributed by atoms with Crippen molar-refractivity contribution in [3.05, 3.63) is 47.3 Å². The molecule has 0 aliphatic rings. The van der Waals surface area contributed by atoms with Gasteiger partial charge in [0, 0.05) is 12.1 Å². The van der Waals surface area contributed by atoms with Crippen LogP contribution in [0, 0.1) is 6.92 Å². The van der Waals surface area contributed by atoms with E-state index in [-0.39, 0.29) is 17.5 Å². The van der Waals surface area contributed by atoms with Gasteiger partial charge in [0.15, 0.2) is 0 Å². The van der Waals surface area contributed by atoms with Gasteiger partial charge in [0.2, 0.25) is 10.0 Å². The van der Waals surface area contributed by atoms with Gasteiger partial charge in [-0.25, -0.2) is 13.1 Å². The van der Waals surface area contributed by atoms with Gasteiger partial charge in [-0.3, -0.25) is 0 Å². The van der Waals surface area contributed by atoms with Crippen molar-refractivity contribution in [1.29, 1.82) is 0 Å². The third kappa shape index (κ3) is 3.90. The van der Waals surface area contributed by atoms with E-state index >= 15 is 0 Å². The van der Waals surface area contributed by atoms with Crippen molar-refractivity contribution < 1.29 is 12.9 Å². The molecule has 0 fully saturated rings. The fraction of sp³-hybridized carbons (Fsp3) is 0.357. The van der Waals surface area contributed by atoms with Crippen molar-refractivity contribution in [3.63, 3.8) is 0 Å². The summed E-state index contributed by atoms with van der Waals surface area (Å²) in [7, 11) is -3.60. The van der Waals surface area contributed by atoms with Crippen LogP contribution in [0.5, 0.6) is 0 Å². The maximum Gasteiger partial charge on any atom is 0.240 e. The van der Waals surface area contributed by atoms with E-state index in [4.69, 9.17) is 10.3 Å². The second kappa shape index (κ2) is 6.38. The second-order valence-corrected chi connectivity index (χ2v) is 6.61.